The molecule has 1 aliphatic heterocycles. The van der Waals surface area contributed by atoms with Crippen LogP contribution in [0.25, 0.3) is 16.5 Å². The monoisotopic (exact) mass is 594 g/mol. The van der Waals surface area contributed by atoms with Crippen LogP contribution in [0, 0.1) is 0 Å². The molecule has 228 valence electrons. The van der Waals surface area contributed by atoms with Crippen molar-refractivity contribution in [2.24, 2.45) is 0 Å². The third-order valence-electron chi connectivity index (χ3n) is 7.69. The van der Waals surface area contributed by atoms with Crippen LogP contribution in [0.2, 0.25) is 0 Å². The Balaban J connectivity index is 1.29. The zero-order valence-electron chi connectivity index (χ0n) is 25.2. The Labute approximate surface area is 257 Å². The van der Waals surface area contributed by atoms with Gasteiger partial charge in [-0.3, -0.25) is 9.88 Å². The van der Waals surface area contributed by atoms with Gasteiger partial charge in [0.25, 0.3) is 0 Å². The second-order valence-corrected chi connectivity index (χ2v) is 10.7. The molecule has 1 aliphatic rings. The SMILES string of the molecule is CCOC(=O)c1ccc(C(=C2CCN(CC(O)COc3cccc4ncccc34)CC2)c2ccc(C(=O)OCC)cc2)cc1. The van der Waals surface area contributed by atoms with E-state index < -0.39 is 6.10 Å². The van der Waals surface area contributed by atoms with Gasteiger partial charge in [-0.05, 0) is 91.9 Å². The first-order chi connectivity index (χ1) is 21.5. The van der Waals surface area contributed by atoms with Gasteiger partial charge in [-0.15, -0.1) is 0 Å². The van der Waals surface area contributed by atoms with E-state index in [0.29, 0.717) is 36.6 Å². The maximum absolute atomic E-state index is 12.2. The van der Waals surface area contributed by atoms with Crippen LogP contribution < -0.4 is 4.74 Å². The number of esters is 2. The summed E-state index contributed by atoms with van der Waals surface area (Å²) in [7, 11) is 0. The third-order valence-corrected chi connectivity index (χ3v) is 7.69. The van der Waals surface area contributed by atoms with E-state index in [-0.39, 0.29) is 18.5 Å². The Kier molecular flexibility index (Phi) is 10.4. The van der Waals surface area contributed by atoms with Gasteiger partial charge in [-0.1, -0.05) is 35.9 Å². The quantitative estimate of drug-likeness (QED) is 0.214. The average molecular weight is 595 g/mol. The summed E-state index contributed by atoms with van der Waals surface area (Å²) in [6.45, 7) is 6.49. The van der Waals surface area contributed by atoms with Crippen molar-refractivity contribution >= 4 is 28.4 Å². The molecule has 0 spiro atoms. The molecule has 2 heterocycles. The number of benzene rings is 3. The van der Waals surface area contributed by atoms with Gasteiger partial charge in [0.2, 0.25) is 0 Å². The Morgan fingerprint density at radius 2 is 1.36 bits per heavy atom. The molecule has 0 amide bonds. The van der Waals surface area contributed by atoms with Crippen molar-refractivity contribution in [1.82, 2.24) is 9.88 Å². The van der Waals surface area contributed by atoms with Crippen LogP contribution in [0.15, 0.2) is 90.6 Å². The summed E-state index contributed by atoms with van der Waals surface area (Å²) in [4.78, 5) is 31.1. The van der Waals surface area contributed by atoms with Crippen LogP contribution in [0.1, 0.15) is 58.5 Å². The topological polar surface area (TPSA) is 98.2 Å². The number of rotatable bonds is 11. The number of piperidine rings is 1. The molecule has 1 saturated heterocycles. The van der Waals surface area contributed by atoms with Gasteiger partial charge in [0.15, 0.2) is 0 Å². The van der Waals surface area contributed by atoms with Crippen molar-refractivity contribution in [1.29, 1.82) is 0 Å². The third kappa shape index (κ3) is 7.51. The maximum atomic E-state index is 12.2. The molecule has 0 bridgehead atoms. The minimum atomic E-state index is -0.641. The van der Waals surface area contributed by atoms with Gasteiger partial charge in [0.05, 0.1) is 29.9 Å². The fourth-order valence-corrected chi connectivity index (χ4v) is 5.54. The summed E-state index contributed by atoms with van der Waals surface area (Å²) in [5.41, 5.74) is 6.21. The van der Waals surface area contributed by atoms with Crippen LogP contribution in [0.4, 0.5) is 0 Å². The molecule has 8 nitrogen and oxygen atoms in total. The minimum absolute atomic E-state index is 0.193. The lowest BCUT2D eigenvalue weighted by Crippen LogP contribution is -2.39. The molecule has 0 aliphatic carbocycles. The van der Waals surface area contributed by atoms with Crippen molar-refractivity contribution in [3.8, 4) is 5.75 Å². The smallest absolute Gasteiger partial charge is 0.338 e. The highest BCUT2D eigenvalue weighted by molar-refractivity contribution is 5.92. The number of pyridine rings is 1. The molecule has 3 aromatic carbocycles. The average Bonchev–Trinajstić information content (AvgIpc) is 3.05. The number of hydrogen-bond donors (Lipinski definition) is 1. The number of hydrogen-bond acceptors (Lipinski definition) is 8. The van der Waals surface area contributed by atoms with Crippen molar-refractivity contribution in [3.05, 3.63) is 113 Å². The van der Waals surface area contributed by atoms with Crippen molar-refractivity contribution in [3.63, 3.8) is 0 Å². The van der Waals surface area contributed by atoms with Gasteiger partial charge >= 0.3 is 11.9 Å². The van der Waals surface area contributed by atoms with Crippen molar-refractivity contribution in [2.45, 2.75) is 32.8 Å². The fourth-order valence-electron chi connectivity index (χ4n) is 5.54. The predicted molar refractivity (Wildman–Crippen MR) is 170 cm³/mol. The number of carbonyl (C=O) groups excluding carboxylic acids is 2. The van der Waals surface area contributed by atoms with E-state index in [0.717, 1.165) is 53.5 Å². The number of likely N-dealkylation sites (tertiary alicyclic amines) is 1. The molecular weight excluding hydrogens is 556 g/mol. The molecule has 1 N–H and O–H groups in total. The highest BCUT2D eigenvalue weighted by Gasteiger charge is 2.22. The van der Waals surface area contributed by atoms with Gasteiger partial charge < -0.3 is 19.3 Å². The van der Waals surface area contributed by atoms with Gasteiger partial charge in [-0.25, -0.2) is 9.59 Å². The molecule has 1 unspecified atom stereocenters. The predicted octanol–water partition coefficient (Wildman–Crippen LogP) is 5.93. The van der Waals surface area contributed by atoms with E-state index in [4.69, 9.17) is 14.2 Å². The van der Waals surface area contributed by atoms with Gasteiger partial charge in [0.1, 0.15) is 18.5 Å². The molecule has 44 heavy (non-hydrogen) atoms. The summed E-state index contributed by atoms with van der Waals surface area (Å²) in [5.74, 6) is 0.0196. The van der Waals surface area contributed by atoms with E-state index in [9.17, 15) is 14.7 Å². The van der Waals surface area contributed by atoms with E-state index in [1.54, 1.807) is 44.3 Å². The zero-order valence-corrected chi connectivity index (χ0v) is 25.2. The molecular formula is C36H38N2O6. The largest absolute Gasteiger partial charge is 0.490 e. The number of nitrogens with zero attached hydrogens (tertiary/aromatic N) is 2. The van der Waals surface area contributed by atoms with Crippen molar-refractivity contribution < 1.29 is 28.9 Å². The molecule has 0 saturated carbocycles. The van der Waals surface area contributed by atoms with E-state index in [1.165, 1.54) is 5.57 Å². The summed E-state index contributed by atoms with van der Waals surface area (Å²) in [6.07, 6.45) is 2.74. The lowest BCUT2D eigenvalue weighted by atomic mass is 9.87. The number of carbonyl (C=O) groups is 2. The van der Waals surface area contributed by atoms with Crippen molar-refractivity contribution in [2.75, 3.05) is 39.5 Å². The lowest BCUT2D eigenvalue weighted by molar-refractivity contribution is 0.0517. The van der Waals surface area contributed by atoms with E-state index in [2.05, 4.69) is 9.88 Å². The number of fused-ring (bicyclic) bond motifs is 1. The van der Waals surface area contributed by atoms with Gasteiger partial charge in [-0.2, -0.15) is 0 Å². The molecule has 1 fully saturated rings. The van der Waals surface area contributed by atoms with Crippen LogP contribution in [0.3, 0.4) is 0 Å². The number of aliphatic hydroxyl groups is 1. The van der Waals surface area contributed by atoms with E-state index >= 15 is 0 Å². The van der Waals surface area contributed by atoms with Gasteiger partial charge in [0, 0.05) is 31.2 Å². The summed E-state index contributed by atoms with van der Waals surface area (Å²) < 4.78 is 16.3. The first-order valence-electron chi connectivity index (χ1n) is 15.1. The lowest BCUT2D eigenvalue weighted by Gasteiger charge is -2.31. The molecule has 5 rings (SSSR count). The van der Waals surface area contributed by atoms with Crippen LogP contribution in [0.5, 0.6) is 5.75 Å². The zero-order chi connectivity index (χ0) is 30.9. The number of aromatic nitrogens is 1. The second-order valence-electron chi connectivity index (χ2n) is 10.7. The molecule has 0 radical (unpaired) electrons. The summed E-state index contributed by atoms with van der Waals surface area (Å²) >= 11 is 0. The van der Waals surface area contributed by atoms with E-state index in [1.807, 2.05) is 54.6 Å². The molecule has 1 aromatic heterocycles. The normalized spacial score (nSPS) is 14.2. The Bertz CT molecular complexity index is 1540. The number of β-amino-alcohol motifs (C(OH)–C–C–N with tert-alkyl or cyclic N) is 1. The Morgan fingerprint density at radius 1 is 0.795 bits per heavy atom. The summed E-state index contributed by atoms with van der Waals surface area (Å²) in [5, 5.41) is 11.7. The number of ether oxygens (including phenoxy) is 3. The van der Waals surface area contributed by atoms with Crippen LogP contribution >= 0.6 is 0 Å². The standard InChI is InChI=1S/C36H38N2O6/c1-3-42-35(40)28-14-10-25(11-15-28)34(26-12-16-29(17-13-26)36(41)43-4-2)27-18-21-38(22-19-27)23-30(39)24-44-33-9-5-8-32-31(33)7-6-20-37-32/h5-17,20,30,39H,3-4,18-19,21-24H2,1-2H3. The maximum Gasteiger partial charge on any atom is 0.338 e. The second kappa shape index (κ2) is 14.8. The number of aliphatic hydroxyl groups excluding tert-OH is 1. The minimum Gasteiger partial charge on any atom is -0.490 e. The summed E-state index contributed by atoms with van der Waals surface area (Å²) in [6, 6.07) is 24.5. The highest BCUT2D eigenvalue weighted by Crippen LogP contribution is 2.33. The fraction of sp³-hybridized carbons (Fsp3) is 0.306. The molecule has 4 aromatic rings. The first kappa shape index (κ1) is 30.9. The Hall–Kier alpha value is -4.53. The Morgan fingerprint density at radius 3 is 1.93 bits per heavy atom. The van der Waals surface area contributed by atoms with Crippen LogP contribution in [-0.2, 0) is 9.47 Å². The highest BCUT2D eigenvalue weighted by atomic mass is 16.5. The van der Waals surface area contributed by atoms with Crippen LogP contribution in [-0.4, -0.2) is 72.5 Å². The molecule has 8 heteroatoms. The first-order valence-corrected chi connectivity index (χ1v) is 15.1. The molecule has 1 atom stereocenters.